The molecule has 5 rings (SSSR count). The van der Waals surface area contributed by atoms with Crippen LogP contribution in [0.1, 0.15) is 28.8 Å². The Morgan fingerprint density at radius 3 is 2.45 bits per heavy atom. The van der Waals surface area contributed by atoms with Gasteiger partial charge in [-0.15, -0.1) is 5.10 Å². The number of piperidine rings is 1. The molecule has 2 aliphatic heterocycles. The maximum absolute atomic E-state index is 12.7. The zero-order chi connectivity index (χ0) is 26.2. The molecule has 0 atom stereocenters. The summed E-state index contributed by atoms with van der Waals surface area (Å²) in [5.74, 6) is 1.72. The van der Waals surface area contributed by atoms with Crippen molar-refractivity contribution in [2.75, 3.05) is 50.5 Å². The van der Waals surface area contributed by atoms with E-state index in [1.54, 1.807) is 47.3 Å². The number of rotatable bonds is 8. The number of carbonyl (C=O) groups is 2. The second-order valence-corrected chi connectivity index (χ2v) is 10.4. The van der Waals surface area contributed by atoms with Gasteiger partial charge in [0.15, 0.2) is 0 Å². The van der Waals surface area contributed by atoms with E-state index in [-0.39, 0.29) is 12.0 Å². The number of hydrogen-bond donors (Lipinski definition) is 2. The number of thioether (sulfide) groups is 1. The monoisotopic (exact) mass is 536 g/mol. The van der Waals surface area contributed by atoms with E-state index in [0.717, 1.165) is 56.6 Å². The molecule has 0 unspecified atom stereocenters. The first-order valence-corrected chi connectivity index (χ1v) is 13.9. The smallest absolute Gasteiger partial charge is 0.410 e. The van der Waals surface area contributed by atoms with Gasteiger partial charge < -0.3 is 19.7 Å². The van der Waals surface area contributed by atoms with Gasteiger partial charge in [0, 0.05) is 49.7 Å². The number of morpholine rings is 1. The Morgan fingerprint density at radius 1 is 1.03 bits per heavy atom. The van der Waals surface area contributed by atoms with Gasteiger partial charge in [0.1, 0.15) is 12.1 Å². The van der Waals surface area contributed by atoms with Gasteiger partial charge in [0.2, 0.25) is 5.16 Å². The van der Waals surface area contributed by atoms with Crippen molar-refractivity contribution in [1.82, 2.24) is 25.0 Å². The lowest BCUT2D eigenvalue weighted by Gasteiger charge is -2.30. The Balaban J connectivity index is 1.05. The highest BCUT2D eigenvalue weighted by Gasteiger charge is 2.24. The first kappa shape index (κ1) is 26.2. The summed E-state index contributed by atoms with van der Waals surface area (Å²) in [6.07, 6.45) is 3.07. The third-order valence-electron chi connectivity index (χ3n) is 6.76. The minimum atomic E-state index is -0.348. The van der Waals surface area contributed by atoms with Gasteiger partial charge in [-0.1, -0.05) is 23.9 Å². The minimum Gasteiger partial charge on any atom is -0.410 e. The molecule has 3 heterocycles. The van der Waals surface area contributed by atoms with E-state index in [2.05, 4.69) is 25.4 Å². The minimum absolute atomic E-state index is 0.184. The lowest BCUT2D eigenvalue weighted by Crippen LogP contribution is -2.40. The van der Waals surface area contributed by atoms with Crippen molar-refractivity contribution in [3.05, 3.63) is 66.0 Å². The second kappa shape index (κ2) is 12.9. The second-order valence-electron chi connectivity index (χ2n) is 9.46. The maximum Gasteiger partial charge on any atom is 0.415 e. The fourth-order valence-electron chi connectivity index (χ4n) is 4.50. The van der Waals surface area contributed by atoms with Gasteiger partial charge in [0.05, 0.1) is 13.2 Å². The van der Waals surface area contributed by atoms with Gasteiger partial charge in [-0.25, -0.2) is 9.78 Å². The summed E-state index contributed by atoms with van der Waals surface area (Å²) < 4.78 is 11.0. The van der Waals surface area contributed by atoms with Gasteiger partial charge in [0.25, 0.3) is 5.91 Å². The van der Waals surface area contributed by atoms with Crippen molar-refractivity contribution < 1.29 is 19.1 Å². The number of aromatic amines is 1. The van der Waals surface area contributed by atoms with Crippen LogP contribution < -0.4 is 10.1 Å². The zero-order valence-electron chi connectivity index (χ0n) is 21.2. The molecule has 2 fully saturated rings. The Morgan fingerprint density at radius 2 is 1.76 bits per heavy atom. The molecule has 38 heavy (non-hydrogen) atoms. The van der Waals surface area contributed by atoms with Crippen LogP contribution in [0, 0.1) is 5.92 Å². The topological polar surface area (TPSA) is 113 Å². The number of nitrogens with zero attached hydrogens (tertiary/aromatic N) is 4. The number of nitrogens with one attached hydrogen (secondary N) is 2. The van der Waals surface area contributed by atoms with Crippen LogP contribution in [0.3, 0.4) is 0 Å². The predicted molar refractivity (Wildman–Crippen MR) is 144 cm³/mol. The van der Waals surface area contributed by atoms with Crippen molar-refractivity contribution in [3.8, 4) is 5.75 Å². The van der Waals surface area contributed by atoms with E-state index in [0.29, 0.717) is 36.0 Å². The molecule has 2 N–H and O–H groups in total. The molecule has 2 amide bonds. The van der Waals surface area contributed by atoms with Crippen LogP contribution in [0.2, 0.25) is 0 Å². The normalized spacial score (nSPS) is 16.8. The fraction of sp³-hybridized carbons (Fsp3) is 0.407. The highest BCUT2D eigenvalue weighted by atomic mass is 32.2. The summed E-state index contributed by atoms with van der Waals surface area (Å²) in [5, 5.41) is 10.4. The van der Waals surface area contributed by atoms with Crippen molar-refractivity contribution in [1.29, 1.82) is 0 Å². The number of hydrogen-bond acceptors (Lipinski definition) is 8. The molecule has 2 aliphatic rings. The van der Waals surface area contributed by atoms with Gasteiger partial charge >= 0.3 is 6.09 Å². The Labute approximate surface area is 226 Å². The van der Waals surface area contributed by atoms with E-state index in [1.807, 2.05) is 24.3 Å². The standard InChI is InChI=1S/C27H32N6O4S/c34-25(22-3-1-20(2-4-22)17-32-13-15-36-16-14-32)30-23-5-7-24(8-6-23)37-27(35)33-11-9-21(10-12-33)18-38-26-28-19-29-31-26/h1-8,19,21H,9-18H2,(H,30,34)(H,28,29,31). The quantitative estimate of drug-likeness (QED) is 0.417. The Kier molecular flexibility index (Phi) is 8.90. The van der Waals surface area contributed by atoms with Crippen LogP contribution in [0.5, 0.6) is 5.75 Å². The number of amides is 2. The molecule has 0 aliphatic carbocycles. The molecule has 2 aromatic carbocycles. The van der Waals surface area contributed by atoms with Gasteiger partial charge in [-0.2, -0.15) is 0 Å². The number of H-pyrrole nitrogens is 1. The fourth-order valence-corrected chi connectivity index (χ4v) is 5.46. The molecule has 11 heteroatoms. The third kappa shape index (κ3) is 7.33. The van der Waals surface area contributed by atoms with Crippen LogP contribution in [0.4, 0.5) is 10.5 Å². The van der Waals surface area contributed by atoms with Gasteiger partial charge in [-0.3, -0.25) is 14.8 Å². The molecule has 0 saturated carbocycles. The van der Waals surface area contributed by atoms with E-state index in [4.69, 9.17) is 9.47 Å². The van der Waals surface area contributed by atoms with Crippen LogP contribution in [0.25, 0.3) is 0 Å². The lowest BCUT2D eigenvalue weighted by atomic mass is 9.99. The lowest BCUT2D eigenvalue weighted by molar-refractivity contribution is 0.0342. The summed E-state index contributed by atoms with van der Waals surface area (Å²) in [4.78, 5) is 33.5. The third-order valence-corrected chi connectivity index (χ3v) is 7.85. The van der Waals surface area contributed by atoms with Crippen molar-refractivity contribution in [2.45, 2.75) is 24.5 Å². The van der Waals surface area contributed by atoms with Crippen molar-refractivity contribution >= 4 is 29.4 Å². The first-order valence-electron chi connectivity index (χ1n) is 12.9. The van der Waals surface area contributed by atoms with Crippen molar-refractivity contribution in [3.63, 3.8) is 0 Å². The summed E-state index contributed by atoms with van der Waals surface area (Å²) in [5.41, 5.74) is 2.40. The number of anilines is 1. The van der Waals surface area contributed by atoms with E-state index in [1.165, 1.54) is 5.56 Å². The average Bonchev–Trinajstić information content (AvgIpc) is 3.48. The molecule has 200 valence electrons. The molecule has 0 radical (unpaired) electrons. The molecular formula is C27H32N6O4S. The summed E-state index contributed by atoms with van der Waals surface area (Å²) in [6, 6.07) is 14.5. The number of aromatic nitrogens is 3. The summed E-state index contributed by atoms with van der Waals surface area (Å²) >= 11 is 1.63. The SMILES string of the molecule is O=C(Nc1ccc(OC(=O)N2CCC(CSc3nc[nH]n3)CC2)cc1)c1ccc(CN2CCOCC2)cc1. The zero-order valence-corrected chi connectivity index (χ0v) is 22.0. The summed E-state index contributed by atoms with van der Waals surface area (Å²) in [7, 11) is 0. The van der Waals surface area contributed by atoms with E-state index >= 15 is 0 Å². The van der Waals surface area contributed by atoms with Crippen LogP contribution >= 0.6 is 11.8 Å². The van der Waals surface area contributed by atoms with E-state index in [9.17, 15) is 9.59 Å². The van der Waals surface area contributed by atoms with Crippen molar-refractivity contribution in [2.24, 2.45) is 5.92 Å². The molecule has 0 bridgehead atoms. The molecule has 1 aromatic heterocycles. The summed E-state index contributed by atoms with van der Waals surface area (Å²) in [6.45, 7) is 5.57. The highest BCUT2D eigenvalue weighted by Crippen LogP contribution is 2.25. The first-order chi connectivity index (χ1) is 18.6. The molecular weight excluding hydrogens is 504 g/mol. The number of ether oxygens (including phenoxy) is 2. The number of benzene rings is 2. The highest BCUT2D eigenvalue weighted by molar-refractivity contribution is 7.99. The van der Waals surface area contributed by atoms with E-state index < -0.39 is 0 Å². The number of carbonyl (C=O) groups excluding carboxylic acids is 2. The van der Waals surface area contributed by atoms with Crippen LogP contribution in [-0.2, 0) is 11.3 Å². The predicted octanol–water partition coefficient (Wildman–Crippen LogP) is 3.89. The van der Waals surface area contributed by atoms with Crippen LogP contribution in [-0.4, -0.2) is 82.1 Å². The molecule has 0 spiro atoms. The molecule has 10 nitrogen and oxygen atoms in total. The molecule has 2 saturated heterocycles. The van der Waals surface area contributed by atoms with Gasteiger partial charge in [-0.05, 0) is 60.7 Å². The average molecular weight is 537 g/mol. The van der Waals surface area contributed by atoms with Crippen LogP contribution in [0.15, 0.2) is 60.0 Å². The molecule has 3 aromatic rings. The maximum atomic E-state index is 12.7. The number of likely N-dealkylation sites (tertiary alicyclic amines) is 1. The Hall–Kier alpha value is -3.41. The largest absolute Gasteiger partial charge is 0.415 e. The Bertz CT molecular complexity index is 1180.